The lowest BCUT2D eigenvalue weighted by atomic mass is 10.2. The fourth-order valence-electron chi connectivity index (χ4n) is 2.87. The molecule has 0 unspecified atom stereocenters. The Kier molecular flexibility index (Phi) is 3.93. The van der Waals surface area contributed by atoms with Gasteiger partial charge >= 0.3 is 12.1 Å². The maximum atomic E-state index is 12.6. The van der Waals surface area contributed by atoms with Crippen LogP contribution in [0.15, 0.2) is 33.7 Å². The molecule has 11 heteroatoms. The zero-order chi connectivity index (χ0) is 19.2. The first-order chi connectivity index (χ1) is 12.8. The van der Waals surface area contributed by atoms with Gasteiger partial charge in [-0.2, -0.15) is 18.2 Å². The van der Waals surface area contributed by atoms with Gasteiger partial charge in [-0.3, -0.25) is 9.36 Å². The fraction of sp³-hybridized carbons (Fsp3) is 0.312. The number of anilines is 1. The Morgan fingerprint density at radius 2 is 2.00 bits per heavy atom. The molecule has 27 heavy (non-hydrogen) atoms. The third kappa shape index (κ3) is 3.27. The van der Waals surface area contributed by atoms with E-state index >= 15 is 0 Å². The van der Waals surface area contributed by atoms with Gasteiger partial charge in [-0.15, -0.1) is 0 Å². The van der Waals surface area contributed by atoms with E-state index in [1.165, 1.54) is 12.3 Å². The zero-order valence-corrected chi connectivity index (χ0v) is 14.1. The van der Waals surface area contributed by atoms with Gasteiger partial charge in [-0.05, 0) is 19.1 Å². The number of pyridine rings is 1. The molecule has 140 valence electrons. The second-order valence-corrected chi connectivity index (χ2v) is 6.05. The van der Waals surface area contributed by atoms with Crippen molar-refractivity contribution in [1.29, 1.82) is 0 Å². The summed E-state index contributed by atoms with van der Waals surface area (Å²) >= 11 is 0. The summed E-state index contributed by atoms with van der Waals surface area (Å²) in [5, 5.41) is 3.34. The normalized spacial score (nSPS) is 14.3. The molecule has 0 fully saturated rings. The summed E-state index contributed by atoms with van der Waals surface area (Å²) in [6.45, 7) is 3.20. The number of halogens is 3. The van der Waals surface area contributed by atoms with E-state index in [4.69, 9.17) is 0 Å². The van der Waals surface area contributed by atoms with Crippen molar-refractivity contribution >= 4 is 5.82 Å². The van der Waals surface area contributed by atoms with Crippen LogP contribution < -0.4 is 10.5 Å². The van der Waals surface area contributed by atoms with Gasteiger partial charge in [0, 0.05) is 36.6 Å². The van der Waals surface area contributed by atoms with Crippen LogP contribution in [-0.4, -0.2) is 31.2 Å². The van der Waals surface area contributed by atoms with Crippen LogP contribution >= 0.6 is 0 Å². The maximum absolute atomic E-state index is 12.6. The van der Waals surface area contributed by atoms with Crippen LogP contribution in [-0.2, 0) is 19.3 Å². The molecule has 3 aromatic rings. The monoisotopic (exact) mass is 378 g/mol. The third-order valence-electron chi connectivity index (χ3n) is 4.14. The van der Waals surface area contributed by atoms with Crippen molar-refractivity contribution in [3.8, 4) is 11.4 Å². The topological polar surface area (TPSA) is 89.9 Å². The van der Waals surface area contributed by atoms with Crippen LogP contribution in [0.4, 0.5) is 19.0 Å². The van der Waals surface area contributed by atoms with Crippen molar-refractivity contribution < 1.29 is 17.7 Å². The predicted molar refractivity (Wildman–Crippen MR) is 86.8 cm³/mol. The molecular weight excluding hydrogens is 365 g/mol. The molecule has 0 aliphatic carbocycles. The van der Waals surface area contributed by atoms with Gasteiger partial charge < -0.3 is 9.42 Å². The van der Waals surface area contributed by atoms with E-state index in [0.717, 1.165) is 0 Å². The van der Waals surface area contributed by atoms with Crippen molar-refractivity contribution in [2.75, 3.05) is 11.4 Å². The molecule has 0 saturated carbocycles. The Bertz CT molecular complexity index is 1040. The van der Waals surface area contributed by atoms with Crippen LogP contribution in [0.2, 0.25) is 0 Å². The average molecular weight is 378 g/mol. The average Bonchev–Trinajstić information content (AvgIpc) is 3.12. The van der Waals surface area contributed by atoms with Crippen LogP contribution in [0.25, 0.3) is 11.4 Å². The van der Waals surface area contributed by atoms with E-state index in [9.17, 15) is 18.0 Å². The molecule has 1 aliphatic heterocycles. The minimum atomic E-state index is -4.69. The molecule has 0 saturated heterocycles. The molecule has 0 N–H and O–H groups in total. The summed E-state index contributed by atoms with van der Waals surface area (Å²) in [7, 11) is 0. The Morgan fingerprint density at radius 1 is 1.19 bits per heavy atom. The minimum Gasteiger partial charge on any atom is -0.347 e. The van der Waals surface area contributed by atoms with E-state index in [1.54, 1.807) is 23.6 Å². The molecule has 0 amide bonds. The van der Waals surface area contributed by atoms with Gasteiger partial charge in [0.05, 0.1) is 6.54 Å². The van der Waals surface area contributed by atoms with E-state index in [0.29, 0.717) is 42.5 Å². The van der Waals surface area contributed by atoms with Crippen LogP contribution in [0.3, 0.4) is 0 Å². The SMILES string of the molecule is Cc1cc(=O)n2c(n1)CN(c1ccc(-c3noc(C(F)(F)F)n3)cn1)CC2. The van der Waals surface area contributed by atoms with Gasteiger partial charge in [0.15, 0.2) is 0 Å². The second-order valence-electron chi connectivity index (χ2n) is 6.05. The molecule has 0 atom stereocenters. The van der Waals surface area contributed by atoms with Gasteiger partial charge in [0.1, 0.15) is 11.6 Å². The molecule has 0 spiro atoms. The zero-order valence-electron chi connectivity index (χ0n) is 14.1. The number of aryl methyl sites for hydroxylation is 1. The summed E-state index contributed by atoms with van der Waals surface area (Å²) in [6.07, 6.45) is -3.31. The molecule has 4 rings (SSSR count). The molecule has 4 heterocycles. The molecule has 0 radical (unpaired) electrons. The third-order valence-corrected chi connectivity index (χ3v) is 4.14. The van der Waals surface area contributed by atoms with Crippen molar-refractivity contribution in [3.63, 3.8) is 0 Å². The van der Waals surface area contributed by atoms with E-state index < -0.39 is 12.1 Å². The fourth-order valence-corrected chi connectivity index (χ4v) is 2.87. The van der Waals surface area contributed by atoms with E-state index in [-0.39, 0.29) is 11.4 Å². The number of aromatic nitrogens is 5. The van der Waals surface area contributed by atoms with Crippen molar-refractivity contribution in [2.45, 2.75) is 26.2 Å². The first kappa shape index (κ1) is 17.2. The highest BCUT2D eigenvalue weighted by molar-refractivity contribution is 5.56. The lowest BCUT2D eigenvalue weighted by Gasteiger charge is -2.30. The molecule has 0 bridgehead atoms. The molecule has 3 aromatic heterocycles. The Balaban J connectivity index is 1.56. The lowest BCUT2D eigenvalue weighted by Crippen LogP contribution is -2.40. The van der Waals surface area contributed by atoms with Crippen molar-refractivity contribution in [1.82, 2.24) is 24.7 Å². The molecular formula is C16H13F3N6O2. The number of hydrogen-bond acceptors (Lipinski definition) is 7. The highest BCUT2D eigenvalue weighted by Gasteiger charge is 2.38. The standard InChI is InChI=1S/C16H13F3N6O2/c1-9-6-13(26)25-5-4-24(8-12(25)21-9)11-3-2-10(7-20-11)14-22-15(27-23-14)16(17,18)19/h2-3,6-7H,4-5,8H2,1H3. The number of rotatable bonds is 2. The Morgan fingerprint density at radius 3 is 2.67 bits per heavy atom. The maximum Gasteiger partial charge on any atom is 0.471 e. The minimum absolute atomic E-state index is 0.0852. The number of fused-ring (bicyclic) bond motifs is 1. The Hall–Kier alpha value is -3.24. The van der Waals surface area contributed by atoms with Gasteiger partial charge in [-0.25, -0.2) is 9.97 Å². The summed E-state index contributed by atoms with van der Waals surface area (Å²) in [6, 6.07) is 4.72. The summed E-state index contributed by atoms with van der Waals surface area (Å²) in [4.78, 5) is 25.9. The second kappa shape index (κ2) is 6.18. The van der Waals surface area contributed by atoms with Crippen molar-refractivity contribution in [2.24, 2.45) is 0 Å². The summed E-state index contributed by atoms with van der Waals surface area (Å²) in [5.41, 5.74) is 0.868. The number of hydrogen-bond donors (Lipinski definition) is 0. The highest BCUT2D eigenvalue weighted by atomic mass is 19.4. The number of alkyl halides is 3. The van der Waals surface area contributed by atoms with Gasteiger partial charge in [-0.1, -0.05) is 5.16 Å². The van der Waals surface area contributed by atoms with E-state index in [2.05, 4.69) is 24.6 Å². The first-order valence-electron chi connectivity index (χ1n) is 8.01. The van der Waals surface area contributed by atoms with Crippen LogP contribution in [0.1, 0.15) is 17.4 Å². The molecule has 1 aliphatic rings. The molecule has 0 aromatic carbocycles. The van der Waals surface area contributed by atoms with Gasteiger partial charge in [0.25, 0.3) is 5.56 Å². The Labute approximate surface area is 150 Å². The molecule has 8 nitrogen and oxygen atoms in total. The largest absolute Gasteiger partial charge is 0.471 e. The van der Waals surface area contributed by atoms with Crippen LogP contribution in [0, 0.1) is 6.92 Å². The smallest absolute Gasteiger partial charge is 0.347 e. The first-order valence-corrected chi connectivity index (χ1v) is 8.01. The summed E-state index contributed by atoms with van der Waals surface area (Å²) < 4.78 is 43.5. The lowest BCUT2D eigenvalue weighted by molar-refractivity contribution is -0.159. The quantitative estimate of drug-likeness (QED) is 0.674. The summed E-state index contributed by atoms with van der Waals surface area (Å²) in [5.74, 6) is -0.333. The highest BCUT2D eigenvalue weighted by Crippen LogP contribution is 2.29. The van der Waals surface area contributed by atoms with Gasteiger partial charge in [0.2, 0.25) is 5.82 Å². The van der Waals surface area contributed by atoms with E-state index in [1.807, 2.05) is 4.90 Å². The van der Waals surface area contributed by atoms with Crippen molar-refractivity contribution in [3.05, 3.63) is 52.2 Å². The number of nitrogens with zero attached hydrogens (tertiary/aromatic N) is 6. The predicted octanol–water partition coefficient (Wildman–Crippen LogP) is 2.04. The van der Waals surface area contributed by atoms with Crippen LogP contribution in [0.5, 0.6) is 0 Å².